The van der Waals surface area contributed by atoms with E-state index in [-0.39, 0.29) is 22.0 Å². The molecule has 14 heteroatoms. The highest BCUT2D eigenvalue weighted by molar-refractivity contribution is 7.99. The average Bonchev–Trinajstić information content (AvgIpc) is 3.66. The summed E-state index contributed by atoms with van der Waals surface area (Å²) < 4.78 is 31.5. The van der Waals surface area contributed by atoms with E-state index < -0.39 is 27.1 Å². The van der Waals surface area contributed by atoms with E-state index in [2.05, 4.69) is 10.2 Å². The van der Waals surface area contributed by atoms with E-state index in [1.54, 1.807) is 28.8 Å². The first kappa shape index (κ1) is 27.6. The van der Waals surface area contributed by atoms with Gasteiger partial charge in [-0.25, -0.2) is 13.2 Å². The molecule has 5 rings (SSSR count). The lowest BCUT2D eigenvalue weighted by Crippen LogP contribution is -2.41. The molecule has 4 aromatic rings. The molecule has 1 aliphatic heterocycles. The van der Waals surface area contributed by atoms with Gasteiger partial charge in [-0.2, -0.15) is 4.31 Å². The second-order valence-corrected chi connectivity index (χ2v) is 12.2. The predicted octanol–water partition coefficient (Wildman–Crippen LogP) is 1.67. The SMILES string of the molecule is Cn1c(N)c(C(=O)CSc2nnc(-c3cccc(S(=O)(=O)N4CCCC4)c3)n2-c2ccccc2)c(=O)n(C)c1=O. The van der Waals surface area contributed by atoms with Crippen molar-refractivity contribution in [3.05, 3.63) is 81.0 Å². The van der Waals surface area contributed by atoms with Crippen LogP contribution in [-0.4, -0.2) is 61.2 Å². The van der Waals surface area contributed by atoms with Gasteiger partial charge in [0.2, 0.25) is 10.0 Å². The van der Waals surface area contributed by atoms with Gasteiger partial charge in [0, 0.05) is 38.4 Å². The van der Waals surface area contributed by atoms with Crippen molar-refractivity contribution >= 4 is 33.4 Å². The Morgan fingerprint density at radius 3 is 2.38 bits per heavy atom. The molecule has 1 saturated heterocycles. The van der Waals surface area contributed by atoms with Gasteiger partial charge in [-0.1, -0.05) is 42.1 Å². The first-order chi connectivity index (χ1) is 19.1. The summed E-state index contributed by atoms with van der Waals surface area (Å²) in [5, 5.41) is 8.99. The quantitative estimate of drug-likeness (QED) is 0.242. The van der Waals surface area contributed by atoms with Crippen molar-refractivity contribution in [3.8, 4) is 17.1 Å². The maximum absolute atomic E-state index is 13.2. The van der Waals surface area contributed by atoms with Gasteiger partial charge in [0.05, 0.1) is 10.6 Å². The van der Waals surface area contributed by atoms with Crippen LogP contribution in [0.1, 0.15) is 23.2 Å². The number of benzene rings is 2. The Bertz CT molecular complexity index is 1820. The van der Waals surface area contributed by atoms with Crippen LogP contribution in [0.2, 0.25) is 0 Å². The van der Waals surface area contributed by atoms with Gasteiger partial charge >= 0.3 is 5.69 Å². The van der Waals surface area contributed by atoms with Crippen molar-refractivity contribution in [1.82, 2.24) is 28.2 Å². The third-order valence-corrected chi connectivity index (χ3v) is 9.59. The lowest BCUT2D eigenvalue weighted by Gasteiger charge is -2.16. The largest absolute Gasteiger partial charge is 0.384 e. The second kappa shape index (κ2) is 10.9. The number of anilines is 1. The maximum Gasteiger partial charge on any atom is 0.332 e. The predicted molar refractivity (Wildman–Crippen MR) is 151 cm³/mol. The fraction of sp³-hybridized carbons (Fsp3) is 0.269. The van der Waals surface area contributed by atoms with Gasteiger partial charge in [-0.05, 0) is 37.1 Å². The lowest BCUT2D eigenvalue weighted by molar-refractivity contribution is 0.102. The molecule has 12 nitrogen and oxygen atoms in total. The zero-order valence-electron chi connectivity index (χ0n) is 21.9. The van der Waals surface area contributed by atoms with Crippen molar-refractivity contribution in [3.63, 3.8) is 0 Å². The van der Waals surface area contributed by atoms with E-state index in [1.165, 1.54) is 18.4 Å². The molecule has 208 valence electrons. The van der Waals surface area contributed by atoms with Gasteiger partial charge in [0.15, 0.2) is 16.8 Å². The Morgan fingerprint density at radius 1 is 0.975 bits per heavy atom. The number of para-hydroxylation sites is 1. The number of carbonyl (C=O) groups is 1. The minimum Gasteiger partial charge on any atom is -0.384 e. The van der Waals surface area contributed by atoms with Crippen LogP contribution in [0.5, 0.6) is 0 Å². The van der Waals surface area contributed by atoms with Crippen LogP contribution in [0.15, 0.2) is 74.2 Å². The standard InChI is InChI=1S/C26H27N7O5S2/c1-30-22(27)21(24(35)31(2)26(30)36)20(34)16-39-25-29-28-23(33(25)18-10-4-3-5-11-18)17-9-8-12-19(15-17)40(37,38)32-13-6-7-14-32/h3-5,8-12,15H,6-7,13-14,16,27H2,1-2H3. The molecule has 1 aliphatic rings. The smallest absolute Gasteiger partial charge is 0.332 e. The van der Waals surface area contributed by atoms with Crippen molar-refractivity contribution in [2.24, 2.45) is 14.1 Å². The molecule has 40 heavy (non-hydrogen) atoms. The number of ketones is 1. The van der Waals surface area contributed by atoms with Crippen molar-refractivity contribution < 1.29 is 13.2 Å². The van der Waals surface area contributed by atoms with Crippen molar-refractivity contribution in [1.29, 1.82) is 0 Å². The number of rotatable bonds is 8. The summed E-state index contributed by atoms with van der Waals surface area (Å²) in [6.45, 7) is 0.982. The molecule has 2 aromatic carbocycles. The molecule has 0 atom stereocenters. The van der Waals surface area contributed by atoms with Crippen LogP contribution >= 0.6 is 11.8 Å². The molecular weight excluding hydrogens is 554 g/mol. The number of nitrogen functional groups attached to an aromatic ring is 1. The molecule has 0 saturated carbocycles. The highest BCUT2D eigenvalue weighted by Crippen LogP contribution is 2.30. The van der Waals surface area contributed by atoms with Crippen molar-refractivity contribution in [2.45, 2.75) is 22.9 Å². The fourth-order valence-electron chi connectivity index (χ4n) is 4.56. The second-order valence-electron chi connectivity index (χ2n) is 9.29. The van der Waals surface area contributed by atoms with Crippen molar-refractivity contribution in [2.75, 3.05) is 24.6 Å². The van der Waals surface area contributed by atoms with Crippen LogP contribution in [0.3, 0.4) is 0 Å². The van der Waals surface area contributed by atoms with E-state index in [4.69, 9.17) is 5.73 Å². The first-order valence-electron chi connectivity index (χ1n) is 12.4. The minimum atomic E-state index is -3.65. The molecule has 0 radical (unpaired) electrons. The summed E-state index contributed by atoms with van der Waals surface area (Å²) in [6.07, 6.45) is 1.66. The summed E-state index contributed by atoms with van der Waals surface area (Å²) in [4.78, 5) is 38.1. The van der Waals surface area contributed by atoms with E-state index in [0.29, 0.717) is 35.3 Å². The van der Waals surface area contributed by atoms with Gasteiger partial charge in [-0.3, -0.25) is 23.3 Å². The average molecular weight is 582 g/mol. The van der Waals surface area contributed by atoms with Crippen LogP contribution in [0.25, 0.3) is 17.1 Å². The van der Waals surface area contributed by atoms with Gasteiger partial charge in [0.25, 0.3) is 5.56 Å². The number of nitrogens with zero attached hydrogens (tertiary/aromatic N) is 6. The monoisotopic (exact) mass is 581 g/mol. The first-order valence-corrected chi connectivity index (χ1v) is 14.9. The number of sulfonamides is 1. The number of aromatic nitrogens is 5. The summed E-state index contributed by atoms with van der Waals surface area (Å²) in [5.74, 6) is -0.593. The van der Waals surface area contributed by atoms with E-state index in [0.717, 1.165) is 33.7 Å². The Labute approximate surface area is 234 Å². The normalized spacial score (nSPS) is 14.1. The fourth-order valence-corrected chi connectivity index (χ4v) is 6.95. The Kier molecular flexibility index (Phi) is 7.49. The Balaban J connectivity index is 1.52. The minimum absolute atomic E-state index is 0.167. The summed E-state index contributed by atoms with van der Waals surface area (Å²) in [6, 6.07) is 15.7. The third-order valence-electron chi connectivity index (χ3n) is 6.76. The molecule has 0 aliphatic carbocycles. The highest BCUT2D eigenvalue weighted by atomic mass is 32.2. The van der Waals surface area contributed by atoms with E-state index in [9.17, 15) is 22.8 Å². The van der Waals surface area contributed by atoms with Gasteiger partial charge in [-0.15, -0.1) is 10.2 Å². The number of thioether (sulfide) groups is 1. The number of Topliss-reactive ketones (excluding diaryl/α,β-unsaturated/α-hetero) is 1. The van der Waals surface area contributed by atoms with Gasteiger partial charge < -0.3 is 5.73 Å². The number of hydrogen-bond donors (Lipinski definition) is 1. The van der Waals surface area contributed by atoms with Crippen LogP contribution in [0.4, 0.5) is 5.82 Å². The highest BCUT2D eigenvalue weighted by Gasteiger charge is 2.28. The molecule has 0 unspecified atom stereocenters. The van der Waals surface area contributed by atoms with Crippen LogP contribution in [-0.2, 0) is 24.1 Å². The number of carbonyl (C=O) groups excluding carboxylic acids is 1. The van der Waals surface area contributed by atoms with E-state index >= 15 is 0 Å². The third kappa shape index (κ3) is 4.89. The van der Waals surface area contributed by atoms with Crippen LogP contribution < -0.4 is 17.0 Å². The Morgan fingerprint density at radius 2 is 1.68 bits per heavy atom. The lowest BCUT2D eigenvalue weighted by atomic mass is 10.2. The van der Waals surface area contributed by atoms with E-state index in [1.807, 2.05) is 30.3 Å². The molecule has 3 heterocycles. The topological polar surface area (TPSA) is 155 Å². The Hall–Kier alpha value is -4.01. The zero-order chi connectivity index (χ0) is 28.6. The number of nitrogens with two attached hydrogens (primary N) is 1. The summed E-state index contributed by atoms with van der Waals surface area (Å²) in [7, 11) is -0.984. The maximum atomic E-state index is 13.2. The molecule has 1 fully saturated rings. The van der Waals surface area contributed by atoms with Crippen LogP contribution in [0, 0.1) is 0 Å². The van der Waals surface area contributed by atoms with Gasteiger partial charge in [0.1, 0.15) is 11.4 Å². The molecule has 2 aromatic heterocycles. The summed E-state index contributed by atoms with van der Waals surface area (Å²) >= 11 is 1.05. The number of hydrogen-bond acceptors (Lipinski definition) is 9. The zero-order valence-corrected chi connectivity index (χ0v) is 23.5. The molecular formula is C26H27N7O5S2. The molecule has 2 N–H and O–H groups in total. The molecule has 0 spiro atoms. The molecule has 0 amide bonds. The summed E-state index contributed by atoms with van der Waals surface area (Å²) in [5.41, 5.74) is 5.51. The molecule has 0 bridgehead atoms.